The highest BCUT2D eigenvalue weighted by Gasteiger charge is 2.36. The van der Waals surface area contributed by atoms with Crippen molar-refractivity contribution in [2.24, 2.45) is 0 Å². The smallest absolute Gasteiger partial charge is 0.408 e. The van der Waals surface area contributed by atoms with Crippen LogP contribution < -0.4 is 15.4 Å². The lowest BCUT2D eigenvalue weighted by Gasteiger charge is -2.35. The summed E-state index contributed by atoms with van der Waals surface area (Å²) in [4.78, 5) is 41.8. The molecule has 2 unspecified atom stereocenters. The van der Waals surface area contributed by atoms with E-state index in [1.807, 2.05) is 39.0 Å². The number of aliphatic hydroxyl groups excluding tert-OH is 1. The number of ether oxygens (including phenoxy) is 2. The van der Waals surface area contributed by atoms with E-state index in [1.54, 1.807) is 52.1 Å². The highest BCUT2D eigenvalue weighted by Crippen LogP contribution is 2.29. The largest absolute Gasteiger partial charge is 0.497 e. The third-order valence-corrected chi connectivity index (χ3v) is 6.32. The molecule has 0 saturated carbocycles. The van der Waals surface area contributed by atoms with Crippen LogP contribution in [0.2, 0.25) is 0 Å². The molecule has 0 aromatic heterocycles. The van der Waals surface area contributed by atoms with Gasteiger partial charge in [-0.25, -0.2) is 4.79 Å². The van der Waals surface area contributed by atoms with Crippen molar-refractivity contribution in [1.29, 1.82) is 0 Å². The standard InChI is InChI=1S/C30H43N3O6/c1-8-9-10-18-33(28(36)25(19-34)32-29(37)39-30(4,5)6)26(24-13-11-12-20(2)21(24)3)27(35)31-22-14-16-23(38-7)17-15-22/h11-17,25-26,34H,8-10,18-19H2,1-7H3,(H,31,35)(H,32,37). The minimum Gasteiger partial charge on any atom is -0.497 e. The maximum atomic E-state index is 13.9. The van der Waals surface area contributed by atoms with Crippen molar-refractivity contribution in [3.05, 3.63) is 59.2 Å². The maximum Gasteiger partial charge on any atom is 0.408 e. The number of aliphatic hydroxyl groups is 1. The van der Waals surface area contributed by atoms with Gasteiger partial charge in [-0.15, -0.1) is 0 Å². The number of hydrogen-bond donors (Lipinski definition) is 3. The van der Waals surface area contributed by atoms with Crippen LogP contribution in [-0.2, 0) is 14.3 Å². The van der Waals surface area contributed by atoms with Gasteiger partial charge in [-0.05, 0) is 82.0 Å². The normalized spacial score (nSPS) is 12.7. The second kappa shape index (κ2) is 14.5. The summed E-state index contributed by atoms with van der Waals surface area (Å²) in [5.74, 6) is -0.336. The molecular formula is C30H43N3O6. The lowest BCUT2D eigenvalue weighted by Crippen LogP contribution is -2.54. The summed E-state index contributed by atoms with van der Waals surface area (Å²) in [5, 5.41) is 15.5. The molecule has 39 heavy (non-hydrogen) atoms. The molecule has 3 amide bonds. The van der Waals surface area contributed by atoms with Crippen molar-refractivity contribution in [3.63, 3.8) is 0 Å². The summed E-state index contributed by atoms with van der Waals surface area (Å²) in [6, 6.07) is 10.2. The van der Waals surface area contributed by atoms with E-state index < -0.39 is 42.2 Å². The Bertz CT molecular complexity index is 1110. The molecule has 0 aliphatic carbocycles. The maximum absolute atomic E-state index is 13.9. The highest BCUT2D eigenvalue weighted by molar-refractivity contribution is 5.99. The molecule has 2 aromatic rings. The summed E-state index contributed by atoms with van der Waals surface area (Å²) in [7, 11) is 1.56. The first kappa shape index (κ1) is 31.6. The number of hydrogen-bond acceptors (Lipinski definition) is 6. The zero-order chi connectivity index (χ0) is 29.2. The molecule has 9 nitrogen and oxygen atoms in total. The van der Waals surface area contributed by atoms with E-state index in [4.69, 9.17) is 9.47 Å². The van der Waals surface area contributed by atoms with Gasteiger partial charge in [0.2, 0.25) is 5.91 Å². The second-order valence-electron chi connectivity index (χ2n) is 10.5. The third-order valence-electron chi connectivity index (χ3n) is 6.32. The van der Waals surface area contributed by atoms with Crippen LogP contribution in [0.4, 0.5) is 10.5 Å². The van der Waals surface area contributed by atoms with Gasteiger partial charge in [-0.3, -0.25) is 9.59 Å². The average Bonchev–Trinajstić information content (AvgIpc) is 2.88. The number of methoxy groups -OCH3 is 1. The van der Waals surface area contributed by atoms with Gasteiger partial charge in [-0.1, -0.05) is 38.0 Å². The monoisotopic (exact) mass is 541 g/mol. The topological polar surface area (TPSA) is 117 Å². The number of rotatable bonds is 12. The molecule has 0 heterocycles. The zero-order valence-electron chi connectivity index (χ0n) is 24.2. The van der Waals surface area contributed by atoms with E-state index in [-0.39, 0.29) is 6.54 Å². The molecule has 2 aromatic carbocycles. The summed E-state index contributed by atoms with van der Waals surface area (Å²) in [5.41, 5.74) is 2.28. The Morgan fingerprint density at radius 2 is 1.69 bits per heavy atom. The van der Waals surface area contributed by atoms with E-state index >= 15 is 0 Å². The number of aryl methyl sites for hydroxylation is 1. The van der Waals surface area contributed by atoms with Gasteiger partial charge in [0.05, 0.1) is 13.7 Å². The number of anilines is 1. The average molecular weight is 542 g/mol. The van der Waals surface area contributed by atoms with E-state index in [0.717, 1.165) is 24.0 Å². The molecule has 2 rings (SSSR count). The van der Waals surface area contributed by atoms with E-state index in [9.17, 15) is 19.5 Å². The Balaban J connectivity index is 2.52. The molecule has 214 valence electrons. The van der Waals surface area contributed by atoms with Gasteiger partial charge in [0.1, 0.15) is 23.4 Å². The molecule has 0 bridgehead atoms. The molecular weight excluding hydrogens is 498 g/mol. The number of amides is 3. The number of carbonyl (C=O) groups is 3. The molecule has 0 radical (unpaired) electrons. The predicted molar refractivity (Wildman–Crippen MR) is 152 cm³/mol. The molecule has 2 atom stereocenters. The van der Waals surface area contributed by atoms with Gasteiger partial charge in [-0.2, -0.15) is 0 Å². The Morgan fingerprint density at radius 1 is 1.03 bits per heavy atom. The molecule has 0 fully saturated rings. The van der Waals surface area contributed by atoms with Crippen LogP contribution >= 0.6 is 0 Å². The number of benzene rings is 2. The highest BCUT2D eigenvalue weighted by atomic mass is 16.6. The van der Waals surface area contributed by atoms with Crippen molar-refractivity contribution in [2.45, 2.75) is 78.5 Å². The van der Waals surface area contributed by atoms with Crippen LogP contribution in [0.25, 0.3) is 0 Å². The minimum absolute atomic E-state index is 0.257. The quantitative estimate of drug-likeness (QED) is 0.329. The fourth-order valence-electron chi connectivity index (χ4n) is 4.14. The van der Waals surface area contributed by atoms with E-state index in [2.05, 4.69) is 10.6 Å². The Labute approximate surface area is 231 Å². The third kappa shape index (κ3) is 9.28. The Morgan fingerprint density at radius 3 is 2.26 bits per heavy atom. The van der Waals surface area contributed by atoms with Crippen LogP contribution in [0.1, 0.15) is 69.7 Å². The second-order valence-corrected chi connectivity index (χ2v) is 10.5. The van der Waals surface area contributed by atoms with Crippen molar-refractivity contribution in [2.75, 3.05) is 25.6 Å². The molecule has 0 saturated heterocycles. The van der Waals surface area contributed by atoms with Gasteiger partial charge in [0.15, 0.2) is 0 Å². The number of nitrogens with zero attached hydrogens (tertiary/aromatic N) is 1. The molecule has 0 aliphatic heterocycles. The van der Waals surface area contributed by atoms with Gasteiger partial charge < -0.3 is 30.1 Å². The molecule has 0 spiro atoms. The van der Waals surface area contributed by atoms with Gasteiger partial charge in [0.25, 0.3) is 5.91 Å². The van der Waals surface area contributed by atoms with E-state index in [0.29, 0.717) is 23.4 Å². The summed E-state index contributed by atoms with van der Waals surface area (Å²) in [6.45, 7) is 10.6. The molecule has 3 N–H and O–H groups in total. The number of unbranched alkanes of at least 4 members (excludes halogenated alkanes) is 2. The molecule has 9 heteroatoms. The van der Waals surface area contributed by atoms with E-state index in [1.165, 1.54) is 4.90 Å². The lowest BCUT2D eigenvalue weighted by atomic mass is 9.94. The number of alkyl carbamates (subject to hydrolysis) is 1. The van der Waals surface area contributed by atoms with Crippen LogP contribution in [-0.4, -0.2) is 59.8 Å². The summed E-state index contributed by atoms with van der Waals surface area (Å²) >= 11 is 0. The fourth-order valence-corrected chi connectivity index (χ4v) is 4.14. The minimum atomic E-state index is -1.29. The van der Waals surface area contributed by atoms with Crippen molar-refractivity contribution < 1.29 is 29.0 Å². The number of carbonyl (C=O) groups excluding carboxylic acids is 3. The summed E-state index contributed by atoms with van der Waals surface area (Å²) < 4.78 is 10.5. The summed E-state index contributed by atoms with van der Waals surface area (Å²) in [6.07, 6.45) is 1.57. The molecule has 0 aliphatic rings. The van der Waals surface area contributed by atoms with Crippen molar-refractivity contribution in [1.82, 2.24) is 10.2 Å². The predicted octanol–water partition coefficient (Wildman–Crippen LogP) is 4.90. The zero-order valence-corrected chi connectivity index (χ0v) is 24.2. The SMILES string of the molecule is CCCCCN(C(=O)C(CO)NC(=O)OC(C)(C)C)C(C(=O)Nc1ccc(OC)cc1)c1cccc(C)c1C. The Kier molecular flexibility index (Phi) is 11.8. The number of nitrogens with one attached hydrogen (secondary N) is 2. The van der Waals surface area contributed by atoms with Gasteiger partial charge >= 0.3 is 6.09 Å². The first-order chi connectivity index (χ1) is 18.4. The van der Waals surface area contributed by atoms with Crippen LogP contribution in [0.3, 0.4) is 0 Å². The van der Waals surface area contributed by atoms with Crippen molar-refractivity contribution in [3.8, 4) is 5.75 Å². The fraction of sp³-hybridized carbons (Fsp3) is 0.500. The first-order valence-corrected chi connectivity index (χ1v) is 13.3. The van der Waals surface area contributed by atoms with Crippen LogP contribution in [0.5, 0.6) is 5.75 Å². The van der Waals surface area contributed by atoms with Gasteiger partial charge in [0, 0.05) is 12.2 Å². The van der Waals surface area contributed by atoms with Crippen LogP contribution in [0, 0.1) is 13.8 Å². The first-order valence-electron chi connectivity index (χ1n) is 13.3. The van der Waals surface area contributed by atoms with Crippen molar-refractivity contribution >= 4 is 23.6 Å². The lowest BCUT2D eigenvalue weighted by molar-refractivity contribution is -0.141. The van der Waals surface area contributed by atoms with Crippen LogP contribution in [0.15, 0.2) is 42.5 Å². The Hall–Kier alpha value is -3.59.